The Morgan fingerprint density at radius 2 is 2.10 bits per heavy atom. The smallest absolute Gasteiger partial charge is 0.335 e. The summed E-state index contributed by atoms with van der Waals surface area (Å²) in [6, 6.07) is 6.60. The number of carboxylic acids is 1. The lowest BCUT2D eigenvalue weighted by Crippen LogP contribution is -2.45. The van der Waals surface area contributed by atoms with Crippen LogP contribution in [-0.2, 0) is 4.74 Å². The monoisotopic (exact) mass is 293 g/mol. The van der Waals surface area contributed by atoms with E-state index >= 15 is 0 Å². The number of aromatic carboxylic acids is 1. The number of carbonyl (C=O) groups is 1. The Labute approximate surface area is 125 Å². The Morgan fingerprint density at radius 3 is 2.76 bits per heavy atom. The molecule has 0 unspecified atom stereocenters. The van der Waals surface area contributed by atoms with Gasteiger partial charge in [0.15, 0.2) is 0 Å². The minimum atomic E-state index is -0.934. The zero-order valence-electron chi connectivity index (χ0n) is 12.6. The van der Waals surface area contributed by atoms with E-state index in [2.05, 4.69) is 18.7 Å². The predicted octanol–water partition coefficient (Wildman–Crippen LogP) is 2.26. The first kappa shape index (κ1) is 15.8. The van der Waals surface area contributed by atoms with Crippen molar-refractivity contribution in [3.63, 3.8) is 0 Å². The third-order valence-electron chi connectivity index (χ3n) is 3.46. The summed E-state index contributed by atoms with van der Waals surface area (Å²) in [5.74, 6) is -0.324. The molecule has 21 heavy (non-hydrogen) atoms. The third-order valence-corrected chi connectivity index (χ3v) is 3.46. The van der Waals surface area contributed by atoms with Crippen LogP contribution in [0.25, 0.3) is 0 Å². The normalized spacial score (nSPS) is 23.0. The van der Waals surface area contributed by atoms with Crippen LogP contribution in [0.4, 0.5) is 0 Å². The van der Waals surface area contributed by atoms with Gasteiger partial charge in [-0.15, -0.1) is 0 Å². The zero-order chi connectivity index (χ0) is 15.2. The Balaban J connectivity index is 1.72. The SMILES string of the molecule is C[C@@H]1CN(CCCOc2cccc(C(=O)O)c2)C[C@H](C)O1. The number of morpholine rings is 1. The van der Waals surface area contributed by atoms with Crippen LogP contribution in [0.15, 0.2) is 24.3 Å². The molecule has 0 aromatic heterocycles. The summed E-state index contributed by atoms with van der Waals surface area (Å²) in [7, 11) is 0. The first-order chi connectivity index (χ1) is 10.0. The summed E-state index contributed by atoms with van der Waals surface area (Å²) in [6.07, 6.45) is 1.47. The summed E-state index contributed by atoms with van der Waals surface area (Å²) in [6.45, 7) is 7.66. The van der Waals surface area contributed by atoms with Gasteiger partial charge in [-0.05, 0) is 38.5 Å². The van der Waals surface area contributed by atoms with Crippen molar-refractivity contribution in [2.75, 3.05) is 26.2 Å². The Bertz CT molecular complexity index is 467. The number of benzene rings is 1. The summed E-state index contributed by atoms with van der Waals surface area (Å²) in [5.41, 5.74) is 0.253. The molecule has 0 aliphatic carbocycles. The van der Waals surface area contributed by atoms with E-state index in [-0.39, 0.29) is 17.8 Å². The first-order valence-electron chi connectivity index (χ1n) is 7.38. The molecule has 1 heterocycles. The van der Waals surface area contributed by atoms with Gasteiger partial charge in [0.05, 0.1) is 24.4 Å². The molecule has 1 N–H and O–H groups in total. The van der Waals surface area contributed by atoms with Crippen LogP contribution >= 0.6 is 0 Å². The van der Waals surface area contributed by atoms with Crippen LogP contribution in [0.2, 0.25) is 0 Å². The maximum absolute atomic E-state index is 10.9. The van der Waals surface area contributed by atoms with Crippen LogP contribution in [0.1, 0.15) is 30.6 Å². The van der Waals surface area contributed by atoms with Gasteiger partial charge in [-0.3, -0.25) is 4.90 Å². The number of hydrogen-bond acceptors (Lipinski definition) is 4. The molecule has 1 saturated heterocycles. The van der Waals surface area contributed by atoms with Crippen molar-refractivity contribution in [3.05, 3.63) is 29.8 Å². The van der Waals surface area contributed by atoms with E-state index in [0.717, 1.165) is 26.1 Å². The van der Waals surface area contributed by atoms with E-state index in [0.29, 0.717) is 12.4 Å². The molecule has 0 radical (unpaired) electrons. The highest BCUT2D eigenvalue weighted by Gasteiger charge is 2.21. The molecule has 5 nitrogen and oxygen atoms in total. The van der Waals surface area contributed by atoms with E-state index in [4.69, 9.17) is 14.6 Å². The topological polar surface area (TPSA) is 59.0 Å². The van der Waals surface area contributed by atoms with E-state index < -0.39 is 5.97 Å². The highest BCUT2D eigenvalue weighted by atomic mass is 16.5. The fourth-order valence-corrected chi connectivity index (χ4v) is 2.66. The first-order valence-corrected chi connectivity index (χ1v) is 7.38. The van der Waals surface area contributed by atoms with Gasteiger partial charge < -0.3 is 14.6 Å². The highest BCUT2D eigenvalue weighted by molar-refractivity contribution is 5.87. The number of ether oxygens (including phenoxy) is 2. The van der Waals surface area contributed by atoms with Gasteiger partial charge in [-0.25, -0.2) is 4.79 Å². The maximum Gasteiger partial charge on any atom is 0.335 e. The lowest BCUT2D eigenvalue weighted by molar-refractivity contribution is -0.0686. The van der Waals surface area contributed by atoms with E-state index in [9.17, 15) is 4.79 Å². The van der Waals surface area contributed by atoms with Crippen LogP contribution in [0.3, 0.4) is 0 Å². The quantitative estimate of drug-likeness (QED) is 0.815. The Morgan fingerprint density at radius 1 is 1.38 bits per heavy atom. The fraction of sp³-hybridized carbons (Fsp3) is 0.562. The highest BCUT2D eigenvalue weighted by Crippen LogP contribution is 2.14. The van der Waals surface area contributed by atoms with Gasteiger partial charge in [0, 0.05) is 19.6 Å². The molecule has 2 atom stereocenters. The van der Waals surface area contributed by atoms with Crippen molar-refractivity contribution < 1.29 is 19.4 Å². The third kappa shape index (κ3) is 5.02. The molecule has 0 saturated carbocycles. The standard InChI is InChI=1S/C16H23NO4/c1-12-10-17(11-13(2)21-12)7-4-8-20-15-6-3-5-14(9-15)16(18)19/h3,5-6,9,12-13H,4,7-8,10-11H2,1-2H3,(H,18,19)/t12-,13+. The molecule has 5 heteroatoms. The Kier molecular flexibility index (Phi) is 5.59. The van der Waals surface area contributed by atoms with Crippen molar-refractivity contribution in [2.45, 2.75) is 32.5 Å². The van der Waals surface area contributed by atoms with Gasteiger partial charge >= 0.3 is 5.97 Å². The van der Waals surface area contributed by atoms with Gasteiger partial charge in [0.25, 0.3) is 0 Å². The van der Waals surface area contributed by atoms with Crippen LogP contribution in [0.5, 0.6) is 5.75 Å². The minimum absolute atomic E-state index is 0.253. The maximum atomic E-state index is 10.9. The second-order valence-corrected chi connectivity index (χ2v) is 5.55. The fourth-order valence-electron chi connectivity index (χ4n) is 2.66. The molecular formula is C16H23NO4. The largest absolute Gasteiger partial charge is 0.494 e. The number of hydrogen-bond donors (Lipinski definition) is 1. The van der Waals surface area contributed by atoms with Crippen LogP contribution < -0.4 is 4.74 Å². The predicted molar refractivity (Wildman–Crippen MR) is 80.0 cm³/mol. The van der Waals surface area contributed by atoms with Crippen molar-refractivity contribution in [3.8, 4) is 5.75 Å². The Hall–Kier alpha value is -1.59. The molecule has 1 fully saturated rings. The van der Waals surface area contributed by atoms with E-state index in [1.807, 2.05) is 0 Å². The second-order valence-electron chi connectivity index (χ2n) is 5.55. The summed E-state index contributed by atoms with van der Waals surface area (Å²) in [5, 5.41) is 8.93. The average Bonchev–Trinajstić information content (AvgIpc) is 2.43. The molecule has 116 valence electrons. The van der Waals surface area contributed by atoms with Gasteiger partial charge in [0.1, 0.15) is 5.75 Å². The summed E-state index contributed by atoms with van der Waals surface area (Å²) >= 11 is 0. The molecule has 0 amide bonds. The zero-order valence-corrected chi connectivity index (χ0v) is 12.6. The van der Waals surface area contributed by atoms with Crippen molar-refractivity contribution in [2.24, 2.45) is 0 Å². The molecule has 1 aliphatic rings. The molecule has 1 aromatic rings. The number of rotatable bonds is 6. The molecule has 1 aromatic carbocycles. The number of nitrogens with zero attached hydrogens (tertiary/aromatic N) is 1. The van der Waals surface area contributed by atoms with Crippen molar-refractivity contribution >= 4 is 5.97 Å². The van der Waals surface area contributed by atoms with Crippen LogP contribution in [-0.4, -0.2) is 54.4 Å². The van der Waals surface area contributed by atoms with Crippen LogP contribution in [0, 0.1) is 0 Å². The van der Waals surface area contributed by atoms with E-state index in [1.165, 1.54) is 0 Å². The van der Waals surface area contributed by atoms with Crippen molar-refractivity contribution in [1.29, 1.82) is 0 Å². The minimum Gasteiger partial charge on any atom is -0.494 e. The average molecular weight is 293 g/mol. The van der Waals surface area contributed by atoms with Gasteiger partial charge in [-0.2, -0.15) is 0 Å². The lowest BCUT2D eigenvalue weighted by atomic mass is 10.2. The van der Waals surface area contributed by atoms with E-state index in [1.54, 1.807) is 24.3 Å². The molecule has 0 spiro atoms. The van der Waals surface area contributed by atoms with Gasteiger partial charge in [0.2, 0.25) is 0 Å². The summed E-state index contributed by atoms with van der Waals surface area (Å²) in [4.78, 5) is 13.3. The van der Waals surface area contributed by atoms with Gasteiger partial charge in [-0.1, -0.05) is 6.07 Å². The number of carboxylic acid groups (broad SMARTS) is 1. The molecule has 0 bridgehead atoms. The molecule has 1 aliphatic heterocycles. The van der Waals surface area contributed by atoms with Crippen molar-refractivity contribution in [1.82, 2.24) is 4.90 Å². The lowest BCUT2D eigenvalue weighted by Gasteiger charge is -2.35. The summed E-state index contributed by atoms with van der Waals surface area (Å²) < 4.78 is 11.3. The second kappa shape index (κ2) is 7.43. The molecular weight excluding hydrogens is 270 g/mol. The molecule has 2 rings (SSSR count).